The van der Waals surface area contributed by atoms with Gasteiger partial charge in [0.15, 0.2) is 5.96 Å². The molecule has 0 spiro atoms. The van der Waals surface area contributed by atoms with Crippen LogP contribution in [0.5, 0.6) is 0 Å². The second kappa shape index (κ2) is 6.24. The van der Waals surface area contributed by atoms with Crippen LogP contribution in [-0.2, 0) is 4.74 Å². The van der Waals surface area contributed by atoms with Gasteiger partial charge in [0.2, 0.25) is 0 Å². The summed E-state index contributed by atoms with van der Waals surface area (Å²) >= 11 is 0. The largest absolute Gasteiger partial charge is 0.380 e. The number of rotatable bonds is 2. The molecule has 4 heteroatoms. The summed E-state index contributed by atoms with van der Waals surface area (Å²) in [5, 5.41) is 0. The predicted octanol–water partition coefficient (Wildman–Crippen LogP) is 1.74. The number of methoxy groups -OCH3 is 1. The van der Waals surface area contributed by atoms with Gasteiger partial charge in [-0.05, 0) is 25.7 Å². The summed E-state index contributed by atoms with van der Waals surface area (Å²) in [6, 6.07) is 0.465. The number of aliphatic imine (C=N–C) groups is 1. The molecule has 0 radical (unpaired) electrons. The van der Waals surface area contributed by atoms with Crippen molar-refractivity contribution in [2.45, 2.75) is 57.1 Å². The fraction of sp³-hybridized carbons (Fsp3) is 0.923. The maximum absolute atomic E-state index is 6.12. The van der Waals surface area contributed by atoms with Crippen molar-refractivity contribution < 1.29 is 4.74 Å². The summed E-state index contributed by atoms with van der Waals surface area (Å²) < 4.78 is 5.41. The van der Waals surface area contributed by atoms with Gasteiger partial charge in [-0.1, -0.05) is 19.3 Å². The van der Waals surface area contributed by atoms with Gasteiger partial charge in [-0.3, -0.25) is 0 Å². The Morgan fingerprint density at radius 3 is 2.65 bits per heavy atom. The minimum absolute atomic E-state index is 0.323. The van der Waals surface area contributed by atoms with Gasteiger partial charge in [0.25, 0.3) is 0 Å². The Bertz CT molecular complexity index is 261. The van der Waals surface area contributed by atoms with Crippen molar-refractivity contribution in [2.24, 2.45) is 10.7 Å². The zero-order valence-electron chi connectivity index (χ0n) is 10.9. The number of nitrogens with two attached hydrogens (primary N) is 1. The van der Waals surface area contributed by atoms with Crippen LogP contribution in [0.3, 0.4) is 0 Å². The lowest BCUT2D eigenvalue weighted by Gasteiger charge is -2.33. The monoisotopic (exact) mass is 239 g/mol. The van der Waals surface area contributed by atoms with Crippen LogP contribution in [0.2, 0.25) is 0 Å². The van der Waals surface area contributed by atoms with Crippen molar-refractivity contribution in [3.05, 3.63) is 0 Å². The van der Waals surface area contributed by atoms with E-state index in [0.29, 0.717) is 12.1 Å². The number of guanidine groups is 1. The Morgan fingerprint density at radius 2 is 1.94 bits per heavy atom. The Balaban J connectivity index is 1.88. The molecule has 2 fully saturated rings. The van der Waals surface area contributed by atoms with E-state index < -0.39 is 0 Å². The molecule has 98 valence electrons. The van der Waals surface area contributed by atoms with E-state index in [4.69, 9.17) is 15.5 Å². The molecular formula is C13H25N3O. The first kappa shape index (κ1) is 12.7. The highest BCUT2D eigenvalue weighted by atomic mass is 16.5. The third-order valence-corrected chi connectivity index (χ3v) is 3.93. The zero-order valence-corrected chi connectivity index (χ0v) is 10.9. The van der Waals surface area contributed by atoms with Gasteiger partial charge in [-0.15, -0.1) is 0 Å². The highest BCUT2D eigenvalue weighted by Gasteiger charge is 2.21. The highest BCUT2D eigenvalue weighted by molar-refractivity contribution is 5.78. The Labute approximate surface area is 104 Å². The fourth-order valence-electron chi connectivity index (χ4n) is 2.82. The second-order valence-corrected chi connectivity index (χ2v) is 5.23. The van der Waals surface area contributed by atoms with Crippen molar-refractivity contribution in [1.82, 2.24) is 4.90 Å². The maximum atomic E-state index is 6.12. The van der Waals surface area contributed by atoms with E-state index in [0.717, 1.165) is 31.9 Å². The molecule has 1 aliphatic carbocycles. The predicted molar refractivity (Wildman–Crippen MR) is 70.1 cm³/mol. The summed E-state index contributed by atoms with van der Waals surface area (Å²) in [7, 11) is 1.78. The molecule has 1 heterocycles. The van der Waals surface area contributed by atoms with Crippen molar-refractivity contribution in [2.75, 3.05) is 20.2 Å². The summed E-state index contributed by atoms with van der Waals surface area (Å²) in [5.74, 6) is 0.735. The van der Waals surface area contributed by atoms with E-state index >= 15 is 0 Å². The minimum atomic E-state index is 0.323. The van der Waals surface area contributed by atoms with Crippen LogP contribution in [-0.4, -0.2) is 43.2 Å². The third-order valence-electron chi connectivity index (χ3n) is 3.93. The molecule has 0 bridgehead atoms. The van der Waals surface area contributed by atoms with Gasteiger partial charge in [0, 0.05) is 20.2 Å². The van der Waals surface area contributed by atoms with E-state index in [2.05, 4.69) is 4.90 Å². The summed E-state index contributed by atoms with van der Waals surface area (Å²) in [5.41, 5.74) is 6.12. The van der Waals surface area contributed by atoms with Crippen LogP contribution in [0.25, 0.3) is 0 Å². The standard InChI is InChI=1S/C13H25N3O/c1-17-12-8-5-9-16(10-12)13(14)15-11-6-3-2-4-7-11/h11-12H,2-10H2,1H3,(H2,14,15). The number of piperidine rings is 1. The Kier molecular flexibility index (Phi) is 4.66. The van der Waals surface area contributed by atoms with Gasteiger partial charge in [0.1, 0.15) is 0 Å². The number of nitrogens with zero attached hydrogens (tertiary/aromatic N) is 2. The SMILES string of the molecule is COC1CCCN(C(N)=NC2CCCCC2)C1. The normalized spacial score (nSPS) is 28.4. The summed E-state index contributed by atoms with van der Waals surface area (Å²) in [6.45, 7) is 1.93. The molecule has 4 nitrogen and oxygen atoms in total. The van der Waals surface area contributed by atoms with Gasteiger partial charge >= 0.3 is 0 Å². The van der Waals surface area contributed by atoms with Gasteiger partial charge in [0.05, 0.1) is 12.1 Å². The van der Waals surface area contributed by atoms with Gasteiger partial charge in [-0.2, -0.15) is 0 Å². The van der Waals surface area contributed by atoms with Crippen LogP contribution >= 0.6 is 0 Å². The lowest BCUT2D eigenvalue weighted by molar-refractivity contribution is 0.0531. The fourth-order valence-corrected chi connectivity index (χ4v) is 2.82. The van der Waals surface area contributed by atoms with E-state index in [-0.39, 0.29) is 0 Å². The molecule has 1 unspecified atom stereocenters. The molecular weight excluding hydrogens is 214 g/mol. The molecule has 2 N–H and O–H groups in total. The summed E-state index contributed by atoms with van der Waals surface area (Å²) in [4.78, 5) is 6.88. The van der Waals surface area contributed by atoms with Crippen LogP contribution in [0, 0.1) is 0 Å². The number of likely N-dealkylation sites (tertiary alicyclic amines) is 1. The maximum Gasteiger partial charge on any atom is 0.191 e. The first-order valence-corrected chi connectivity index (χ1v) is 6.90. The molecule has 1 saturated carbocycles. The molecule has 1 saturated heterocycles. The Morgan fingerprint density at radius 1 is 1.18 bits per heavy atom. The molecule has 2 aliphatic rings. The summed E-state index contributed by atoms with van der Waals surface area (Å²) in [6.07, 6.45) is 9.02. The van der Waals surface area contributed by atoms with Crippen LogP contribution < -0.4 is 5.73 Å². The highest BCUT2D eigenvalue weighted by Crippen LogP contribution is 2.21. The molecule has 2 rings (SSSR count). The molecule has 1 atom stereocenters. The average molecular weight is 239 g/mol. The molecule has 17 heavy (non-hydrogen) atoms. The first-order valence-electron chi connectivity index (χ1n) is 6.90. The minimum Gasteiger partial charge on any atom is -0.380 e. The van der Waals surface area contributed by atoms with E-state index in [1.165, 1.54) is 32.1 Å². The second-order valence-electron chi connectivity index (χ2n) is 5.23. The number of hydrogen-bond donors (Lipinski definition) is 1. The first-order chi connectivity index (χ1) is 8.29. The lowest BCUT2D eigenvalue weighted by Crippen LogP contribution is -2.47. The van der Waals surface area contributed by atoms with Crippen molar-refractivity contribution >= 4 is 5.96 Å². The smallest absolute Gasteiger partial charge is 0.191 e. The number of hydrogen-bond acceptors (Lipinski definition) is 2. The number of ether oxygens (including phenoxy) is 1. The third kappa shape index (κ3) is 3.60. The molecule has 1 aliphatic heterocycles. The van der Waals surface area contributed by atoms with Crippen molar-refractivity contribution in [1.29, 1.82) is 0 Å². The van der Waals surface area contributed by atoms with Crippen molar-refractivity contribution in [3.8, 4) is 0 Å². The quantitative estimate of drug-likeness (QED) is 0.590. The van der Waals surface area contributed by atoms with Crippen LogP contribution in [0.1, 0.15) is 44.9 Å². The van der Waals surface area contributed by atoms with Crippen LogP contribution in [0.4, 0.5) is 0 Å². The van der Waals surface area contributed by atoms with E-state index in [9.17, 15) is 0 Å². The van der Waals surface area contributed by atoms with Crippen LogP contribution in [0.15, 0.2) is 4.99 Å². The Hall–Kier alpha value is -0.770. The topological polar surface area (TPSA) is 50.9 Å². The van der Waals surface area contributed by atoms with E-state index in [1.807, 2.05) is 0 Å². The molecule has 0 aromatic carbocycles. The van der Waals surface area contributed by atoms with E-state index in [1.54, 1.807) is 7.11 Å². The van der Waals surface area contributed by atoms with Crippen molar-refractivity contribution in [3.63, 3.8) is 0 Å². The molecule has 0 aromatic heterocycles. The lowest BCUT2D eigenvalue weighted by atomic mass is 9.96. The van der Waals surface area contributed by atoms with Gasteiger partial charge in [-0.25, -0.2) is 4.99 Å². The molecule has 0 amide bonds. The molecule has 0 aromatic rings. The zero-order chi connectivity index (χ0) is 12.1. The van der Waals surface area contributed by atoms with Gasteiger partial charge < -0.3 is 15.4 Å². The average Bonchev–Trinajstić information content (AvgIpc) is 2.40.